The van der Waals surface area contributed by atoms with E-state index in [4.69, 9.17) is 5.73 Å². The van der Waals surface area contributed by atoms with Crippen molar-refractivity contribution >= 4 is 11.6 Å². The number of nitrogens with zero attached hydrogens (tertiary/aromatic N) is 1. The zero-order chi connectivity index (χ0) is 14.3. The summed E-state index contributed by atoms with van der Waals surface area (Å²) in [5.41, 5.74) is 6.05. The zero-order valence-corrected chi connectivity index (χ0v) is 11.0. The highest BCUT2D eigenvalue weighted by Gasteiger charge is 2.17. The Kier molecular flexibility index (Phi) is 5.95. The van der Waals surface area contributed by atoms with Crippen LogP contribution in [0.15, 0.2) is 24.3 Å². The summed E-state index contributed by atoms with van der Waals surface area (Å²) < 4.78 is 0. The monoisotopic (exact) mass is 265 g/mol. The lowest BCUT2D eigenvalue weighted by molar-refractivity contribution is -0.385. The summed E-state index contributed by atoms with van der Waals surface area (Å²) in [4.78, 5) is 22.2. The van der Waals surface area contributed by atoms with Crippen LogP contribution in [-0.2, 0) is 11.3 Å². The third-order valence-electron chi connectivity index (χ3n) is 2.93. The molecule has 0 aromatic heterocycles. The van der Waals surface area contributed by atoms with Crippen molar-refractivity contribution in [1.29, 1.82) is 0 Å². The largest absolute Gasteiger partial charge is 0.351 e. The van der Waals surface area contributed by atoms with Crippen molar-refractivity contribution in [3.8, 4) is 0 Å². The predicted molar refractivity (Wildman–Crippen MR) is 72.4 cm³/mol. The number of amides is 1. The second-order valence-corrected chi connectivity index (χ2v) is 4.32. The summed E-state index contributed by atoms with van der Waals surface area (Å²) in [5.74, 6) is -0.379. The van der Waals surface area contributed by atoms with E-state index in [0.29, 0.717) is 5.56 Å². The topological polar surface area (TPSA) is 98.3 Å². The Morgan fingerprint density at radius 2 is 2.16 bits per heavy atom. The van der Waals surface area contributed by atoms with Crippen molar-refractivity contribution in [2.75, 3.05) is 6.54 Å². The van der Waals surface area contributed by atoms with Crippen molar-refractivity contribution in [3.63, 3.8) is 0 Å². The second kappa shape index (κ2) is 7.48. The molecule has 1 rings (SSSR count). The van der Waals surface area contributed by atoms with Crippen LogP contribution < -0.4 is 11.1 Å². The van der Waals surface area contributed by atoms with Crippen LogP contribution in [0, 0.1) is 16.0 Å². The number of nitrogens with two attached hydrogens (primary N) is 1. The number of nitrogens with one attached hydrogen (secondary N) is 1. The van der Waals surface area contributed by atoms with Crippen LogP contribution in [0.25, 0.3) is 0 Å². The number of rotatable bonds is 7. The summed E-state index contributed by atoms with van der Waals surface area (Å²) in [5, 5.41) is 13.5. The lowest BCUT2D eigenvalue weighted by atomic mass is 10.0. The fourth-order valence-electron chi connectivity index (χ4n) is 1.87. The van der Waals surface area contributed by atoms with Crippen LogP contribution in [-0.4, -0.2) is 17.4 Å². The maximum Gasteiger partial charge on any atom is 0.274 e. The van der Waals surface area contributed by atoms with Gasteiger partial charge in [-0.1, -0.05) is 31.5 Å². The van der Waals surface area contributed by atoms with E-state index in [9.17, 15) is 14.9 Å². The Balaban J connectivity index is 2.66. The van der Waals surface area contributed by atoms with E-state index in [-0.39, 0.29) is 30.6 Å². The molecule has 0 saturated carbocycles. The number of carbonyl (C=O) groups is 1. The first-order valence-corrected chi connectivity index (χ1v) is 6.30. The number of para-hydroxylation sites is 1. The van der Waals surface area contributed by atoms with Gasteiger partial charge in [-0.25, -0.2) is 0 Å². The summed E-state index contributed by atoms with van der Waals surface area (Å²) >= 11 is 0. The van der Waals surface area contributed by atoms with Crippen molar-refractivity contribution in [2.45, 2.75) is 26.3 Å². The molecule has 3 N–H and O–H groups in total. The Hall–Kier alpha value is -1.95. The van der Waals surface area contributed by atoms with Gasteiger partial charge >= 0.3 is 0 Å². The van der Waals surface area contributed by atoms with Crippen molar-refractivity contribution < 1.29 is 9.72 Å². The molecule has 0 saturated heterocycles. The van der Waals surface area contributed by atoms with E-state index >= 15 is 0 Å². The first-order chi connectivity index (χ1) is 9.10. The summed E-state index contributed by atoms with van der Waals surface area (Å²) in [7, 11) is 0. The maximum absolute atomic E-state index is 11.9. The van der Waals surface area contributed by atoms with Crippen molar-refractivity contribution in [2.24, 2.45) is 11.7 Å². The van der Waals surface area contributed by atoms with E-state index in [1.807, 2.05) is 6.92 Å². The van der Waals surface area contributed by atoms with Crippen LogP contribution in [0.4, 0.5) is 5.69 Å². The molecule has 0 fully saturated rings. The van der Waals surface area contributed by atoms with Gasteiger partial charge < -0.3 is 11.1 Å². The van der Waals surface area contributed by atoms with E-state index in [1.165, 1.54) is 6.07 Å². The SMILES string of the molecule is CCCC(CN)C(=O)NCc1ccccc1[N+](=O)[O-]. The third-order valence-corrected chi connectivity index (χ3v) is 2.93. The molecule has 0 aliphatic heterocycles. The molecule has 0 radical (unpaired) electrons. The Morgan fingerprint density at radius 1 is 1.47 bits per heavy atom. The molecule has 0 aliphatic carbocycles. The summed E-state index contributed by atoms with van der Waals surface area (Å²) in [6.07, 6.45) is 1.60. The molecule has 6 nitrogen and oxygen atoms in total. The van der Waals surface area contributed by atoms with Gasteiger partial charge in [0.05, 0.1) is 10.8 Å². The normalized spacial score (nSPS) is 11.9. The smallest absolute Gasteiger partial charge is 0.274 e. The highest BCUT2D eigenvalue weighted by molar-refractivity contribution is 5.78. The lowest BCUT2D eigenvalue weighted by Gasteiger charge is -2.13. The minimum absolute atomic E-state index is 0.0163. The number of benzene rings is 1. The number of nitro groups is 1. The van der Waals surface area contributed by atoms with E-state index in [2.05, 4.69) is 5.32 Å². The van der Waals surface area contributed by atoms with E-state index in [0.717, 1.165) is 12.8 Å². The minimum Gasteiger partial charge on any atom is -0.351 e. The van der Waals surface area contributed by atoms with E-state index in [1.54, 1.807) is 18.2 Å². The van der Waals surface area contributed by atoms with Crippen molar-refractivity contribution in [1.82, 2.24) is 5.32 Å². The standard InChI is InChI=1S/C13H19N3O3/c1-2-5-10(8-14)13(17)15-9-11-6-3-4-7-12(11)16(18)19/h3-4,6-7,10H,2,5,8-9,14H2,1H3,(H,15,17). The Labute approximate surface area is 112 Å². The molecule has 1 aromatic rings. The first kappa shape index (κ1) is 15.1. The van der Waals surface area contributed by atoms with Gasteiger partial charge in [-0.3, -0.25) is 14.9 Å². The number of hydrogen-bond acceptors (Lipinski definition) is 4. The van der Waals surface area contributed by atoms with Gasteiger partial charge in [0.1, 0.15) is 0 Å². The van der Waals surface area contributed by atoms with Crippen LogP contribution in [0.1, 0.15) is 25.3 Å². The molecule has 1 aromatic carbocycles. The molecule has 0 spiro atoms. The number of hydrogen-bond donors (Lipinski definition) is 2. The minimum atomic E-state index is -0.450. The fourth-order valence-corrected chi connectivity index (χ4v) is 1.87. The number of carbonyl (C=O) groups excluding carboxylic acids is 1. The maximum atomic E-state index is 11.9. The van der Waals surface area contributed by atoms with Gasteiger partial charge in [-0.2, -0.15) is 0 Å². The molecule has 0 heterocycles. The molecule has 1 atom stereocenters. The zero-order valence-electron chi connectivity index (χ0n) is 11.0. The summed E-state index contributed by atoms with van der Waals surface area (Å²) in [6, 6.07) is 6.37. The fraction of sp³-hybridized carbons (Fsp3) is 0.462. The molecular weight excluding hydrogens is 246 g/mol. The molecule has 19 heavy (non-hydrogen) atoms. The third kappa shape index (κ3) is 4.33. The van der Waals surface area contributed by atoms with Crippen LogP contribution >= 0.6 is 0 Å². The van der Waals surface area contributed by atoms with Gasteiger partial charge in [0.2, 0.25) is 5.91 Å². The average molecular weight is 265 g/mol. The van der Waals surface area contributed by atoms with Crippen molar-refractivity contribution in [3.05, 3.63) is 39.9 Å². The van der Waals surface area contributed by atoms with Gasteiger partial charge in [-0.15, -0.1) is 0 Å². The van der Waals surface area contributed by atoms with Gasteiger partial charge in [0.25, 0.3) is 5.69 Å². The van der Waals surface area contributed by atoms with E-state index < -0.39 is 4.92 Å². The van der Waals surface area contributed by atoms with Gasteiger partial charge in [-0.05, 0) is 6.42 Å². The van der Waals surface area contributed by atoms with Gasteiger partial charge in [0.15, 0.2) is 0 Å². The summed E-state index contributed by atoms with van der Waals surface area (Å²) in [6.45, 7) is 2.42. The first-order valence-electron chi connectivity index (χ1n) is 6.30. The second-order valence-electron chi connectivity index (χ2n) is 4.32. The molecule has 6 heteroatoms. The highest BCUT2D eigenvalue weighted by Crippen LogP contribution is 2.17. The molecule has 0 bridgehead atoms. The molecule has 0 aliphatic rings. The van der Waals surface area contributed by atoms with Gasteiger partial charge in [0, 0.05) is 24.7 Å². The van der Waals surface area contributed by atoms with Crippen LogP contribution in [0.3, 0.4) is 0 Å². The predicted octanol–water partition coefficient (Wildman–Crippen LogP) is 1.59. The van der Waals surface area contributed by atoms with Crippen LogP contribution in [0.5, 0.6) is 0 Å². The highest BCUT2D eigenvalue weighted by atomic mass is 16.6. The van der Waals surface area contributed by atoms with Crippen LogP contribution in [0.2, 0.25) is 0 Å². The molecule has 104 valence electrons. The quantitative estimate of drug-likeness (QED) is 0.577. The Bertz CT molecular complexity index is 449. The lowest BCUT2D eigenvalue weighted by Crippen LogP contribution is -2.34. The average Bonchev–Trinajstić information content (AvgIpc) is 2.42. The molecule has 1 unspecified atom stereocenters. The molecule has 1 amide bonds. The Morgan fingerprint density at radius 3 is 2.74 bits per heavy atom. The number of nitro benzene ring substituents is 1. The molecular formula is C13H19N3O3.